The number of rotatable bonds is 0. The number of halogens is 5. The molecule has 0 aliphatic heterocycles. The second kappa shape index (κ2) is 5.01. The minimum absolute atomic E-state index is 1.32. The summed E-state index contributed by atoms with van der Waals surface area (Å²) in [6, 6.07) is 0. The molecule has 0 aliphatic rings. The van der Waals surface area contributed by atoms with Gasteiger partial charge in [-0.25, -0.2) is 0 Å². The van der Waals surface area contributed by atoms with Crippen molar-refractivity contribution in [1.82, 2.24) is 0 Å². The van der Waals surface area contributed by atoms with Crippen molar-refractivity contribution >= 4 is 69.1 Å². The molecule has 0 heterocycles. The second-order valence-electron chi connectivity index (χ2n) is 0.918. The molecule has 0 atom stereocenters. The van der Waals surface area contributed by atoms with Crippen LogP contribution < -0.4 is 0 Å². The quantitative estimate of drug-likeness (QED) is 0.327. The van der Waals surface area contributed by atoms with Crippen molar-refractivity contribution < 1.29 is 4.79 Å². The Morgan fingerprint density at radius 1 is 1.33 bits per heavy atom. The Morgan fingerprint density at radius 2 is 1.33 bits per heavy atom. The average molecular weight is 430 g/mol. The van der Waals surface area contributed by atoms with Gasteiger partial charge in [0.25, 0.3) is 0 Å². The van der Waals surface area contributed by atoms with E-state index in [1.807, 2.05) is 0 Å². The number of hydrogen-bond donors (Lipinski definition) is 0. The van der Waals surface area contributed by atoms with E-state index in [1.54, 1.807) is 18.6 Å². The van der Waals surface area contributed by atoms with Gasteiger partial charge in [0.05, 0.1) is 0 Å². The standard InChI is InChI=1S/C2H3O.4ClH.HI.Sn/c1-2-3;;;;;;/h1H3;5*1H;/q+1;;;;;;+4/p-5. The Bertz CT molecular complexity index is 79.5. The van der Waals surface area contributed by atoms with Crippen LogP contribution in [0.3, 0.4) is 0 Å². The van der Waals surface area contributed by atoms with Crippen LogP contribution in [0.2, 0.25) is 0 Å². The summed E-state index contributed by atoms with van der Waals surface area (Å²) in [5.41, 5.74) is 0. The first kappa shape index (κ1) is 13.8. The molecule has 0 bridgehead atoms. The summed E-state index contributed by atoms with van der Waals surface area (Å²) >= 11 is 1.68. The van der Waals surface area contributed by atoms with E-state index in [1.165, 1.54) is 13.2 Å². The van der Waals surface area contributed by atoms with Crippen LogP contribution in [0, 0.1) is 0 Å². The second-order valence-corrected chi connectivity index (χ2v) is 64.7. The van der Waals surface area contributed by atoms with E-state index in [9.17, 15) is 0 Å². The van der Waals surface area contributed by atoms with E-state index in [4.69, 9.17) is 40.5 Å². The van der Waals surface area contributed by atoms with E-state index in [2.05, 4.69) is 0 Å². The Morgan fingerprint density at radius 3 is 1.33 bits per heavy atom. The Kier molecular flexibility index (Phi) is 7.70. The summed E-state index contributed by atoms with van der Waals surface area (Å²) in [5, 5.41) is 0. The molecule has 7 heteroatoms. The van der Waals surface area contributed by atoms with Crippen LogP contribution in [-0.4, -0.2) is 14.8 Å². The maximum atomic E-state index is 8.68. The van der Waals surface area contributed by atoms with Crippen molar-refractivity contribution in [1.29, 1.82) is 0 Å². The third kappa shape index (κ3) is 136. The molecule has 0 aliphatic carbocycles. The van der Waals surface area contributed by atoms with Crippen LogP contribution in [-0.2, 0) is 4.79 Å². The van der Waals surface area contributed by atoms with Gasteiger partial charge in [-0.1, -0.05) is 0 Å². The molecule has 0 aromatic rings. The Labute approximate surface area is 79.4 Å². The maximum absolute atomic E-state index is 8.68. The van der Waals surface area contributed by atoms with E-state index >= 15 is 0 Å². The van der Waals surface area contributed by atoms with Crippen LogP contribution in [0.4, 0.5) is 0 Å². The Balaban J connectivity index is 0. The molecule has 0 aromatic heterocycles. The number of hydrogen-bond acceptors (Lipinski definition) is 1. The van der Waals surface area contributed by atoms with Gasteiger partial charge in [-0.05, 0) is 0 Å². The predicted octanol–water partition coefficient (Wildman–Crippen LogP) is 3.38. The zero-order valence-corrected chi connectivity index (χ0v) is 12.3. The summed E-state index contributed by atoms with van der Waals surface area (Å²) in [5.74, 6) is 0. The predicted molar refractivity (Wildman–Crippen MR) is 54.6 cm³/mol. The summed E-state index contributed by atoms with van der Waals surface area (Å²) in [7, 11) is 17.2. The first-order valence-corrected chi connectivity index (χ1v) is 24.4. The molecule has 1 nitrogen and oxygen atoms in total. The number of carbonyl (C=O) groups excluding carboxylic acids is 1. The summed E-state index contributed by atoms with van der Waals surface area (Å²) in [4.78, 5) is 8.68. The van der Waals surface area contributed by atoms with Crippen LogP contribution >= 0.6 is 54.3 Å². The molecule has 0 unspecified atom stereocenters. The molecule has 56 valence electrons. The SMILES string of the molecule is C[C+]=O.[Cl][Sn-]([Cl])([Cl])([Cl])[I]. The molecule has 0 rings (SSSR count). The zero-order valence-electron chi connectivity index (χ0n) is 4.30. The molecule has 0 aromatic carbocycles. The van der Waals surface area contributed by atoms with Gasteiger partial charge < -0.3 is 0 Å². The van der Waals surface area contributed by atoms with E-state index in [-0.39, 0.29) is 0 Å². The van der Waals surface area contributed by atoms with Gasteiger partial charge in [0, 0.05) is 4.79 Å². The minimum atomic E-state index is -3.90. The van der Waals surface area contributed by atoms with Crippen molar-refractivity contribution in [2.45, 2.75) is 6.92 Å². The molecule has 0 saturated carbocycles. The van der Waals surface area contributed by atoms with E-state index in [0.29, 0.717) is 0 Å². The van der Waals surface area contributed by atoms with Crippen molar-refractivity contribution in [3.63, 3.8) is 0 Å². The van der Waals surface area contributed by atoms with E-state index in [0.717, 1.165) is 0 Å². The molecular weight excluding hydrogens is 427 g/mol. The summed E-state index contributed by atoms with van der Waals surface area (Å²) in [6.07, 6.45) is 1.50. The van der Waals surface area contributed by atoms with Gasteiger partial charge in [-0.3, -0.25) is 0 Å². The molecule has 0 saturated heterocycles. The van der Waals surface area contributed by atoms with Gasteiger partial charge in [0.1, 0.15) is 0 Å². The zero-order chi connectivity index (χ0) is 8.15. The van der Waals surface area contributed by atoms with Crippen molar-refractivity contribution in [3.05, 3.63) is 0 Å². The summed E-state index contributed by atoms with van der Waals surface area (Å²) < 4.78 is 0. The average Bonchev–Trinajstić information content (AvgIpc) is 1.23. The van der Waals surface area contributed by atoms with Gasteiger partial charge in [0.15, 0.2) is 0 Å². The van der Waals surface area contributed by atoms with Gasteiger partial charge in [-0.15, -0.1) is 0 Å². The monoisotopic (exact) mass is 430 g/mol. The van der Waals surface area contributed by atoms with Gasteiger partial charge in [0.2, 0.25) is 6.92 Å². The van der Waals surface area contributed by atoms with Crippen molar-refractivity contribution in [2.75, 3.05) is 0 Å². The molecule has 0 radical (unpaired) electrons. The van der Waals surface area contributed by atoms with Crippen LogP contribution in [0.25, 0.3) is 0 Å². The molecule has 0 fully saturated rings. The fourth-order valence-electron chi connectivity index (χ4n) is 0. The molecule has 0 amide bonds. The molecule has 9 heavy (non-hydrogen) atoms. The molecule has 0 N–H and O–H groups in total. The van der Waals surface area contributed by atoms with Gasteiger partial charge >= 0.3 is 69.1 Å². The summed E-state index contributed by atoms with van der Waals surface area (Å²) in [6.45, 7) is 1.32. The van der Waals surface area contributed by atoms with Crippen LogP contribution in [0.1, 0.15) is 6.92 Å². The molecule has 0 spiro atoms. The van der Waals surface area contributed by atoms with Crippen molar-refractivity contribution in [2.24, 2.45) is 0 Å². The fourth-order valence-corrected chi connectivity index (χ4v) is 0. The fraction of sp³-hybridized carbons (Fsp3) is 0.500. The third-order valence-corrected chi connectivity index (χ3v) is 0. The Hall–Kier alpha value is 2.27. The first-order valence-electron chi connectivity index (χ1n) is 1.65. The normalized spacial score (nSPS) is 13.8. The first-order chi connectivity index (χ1) is 3.65. The van der Waals surface area contributed by atoms with Crippen LogP contribution in [0.5, 0.6) is 0 Å². The molecular formula is C2H3Cl4IOSn. The van der Waals surface area contributed by atoms with Crippen LogP contribution in [0.15, 0.2) is 0 Å². The van der Waals surface area contributed by atoms with Gasteiger partial charge in [-0.2, -0.15) is 0 Å². The third-order valence-electron chi connectivity index (χ3n) is 0. The van der Waals surface area contributed by atoms with Crippen molar-refractivity contribution in [3.8, 4) is 0 Å². The van der Waals surface area contributed by atoms with E-state index < -0.39 is 8.52 Å². The topological polar surface area (TPSA) is 17.1 Å².